The Bertz CT molecular complexity index is 655. The number of nitrogens with two attached hydrogens (primary N) is 1. The average Bonchev–Trinajstić information content (AvgIpc) is 2.92. The van der Waals surface area contributed by atoms with Crippen LogP contribution in [0.1, 0.15) is 9.88 Å². The number of nitrogens with zero attached hydrogens (tertiary/aromatic N) is 2. The number of ether oxygens (including phenoxy) is 2. The Labute approximate surface area is 134 Å². The molecule has 0 spiro atoms. The van der Waals surface area contributed by atoms with Gasteiger partial charge in [0.15, 0.2) is 17.5 Å². The fourth-order valence-electron chi connectivity index (χ4n) is 1.89. The zero-order valence-electron chi connectivity index (χ0n) is 12.9. The van der Waals surface area contributed by atoms with Gasteiger partial charge in [-0.3, -0.25) is 4.99 Å². The summed E-state index contributed by atoms with van der Waals surface area (Å²) in [6.07, 6.45) is 2.65. The summed E-state index contributed by atoms with van der Waals surface area (Å²) in [5.41, 5.74) is 6.68. The molecule has 0 atom stereocenters. The van der Waals surface area contributed by atoms with E-state index in [9.17, 15) is 0 Å². The van der Waals surface area contributed by atoms with Crippen LogP contribution < -0.4 is 20.5 Å². The molecule has 3 N–H and O–H groups in total. The maximum absolute atomic E-state index is 5.89. The van der Waals surface area contributed by atoms with E-state index >= 15 is 0 Å². The number of hydrogen-bond donors (Lipinski definition) is 2. The first-order valence-corrected chi connectivity index (χ1v) is 7.64. The van der Waals surface area contributed by atoms with E-state index in [2.05, 4.69) is 15.3 Å². The number of hydrogen-bond acceptors (Lipinski definition) is 5. The lowest BCUT2D eigenvalue weighted by atomic mass is 10.3. The maximum Gasteiger partial charge on any atom is 0.193 e. The minimum Gasteiger partial charge on any atom is -0.493 e. The van der Waals surface area contributed by atoms with Gasteiger partial charge in [0.05, 0.1) is 19.2 Å². The standard InChI is InChI=1S/C15H20N4O2S/c1-10-9-18-14(22-10)6-7-17-15(16)19-11-4-5-12(20-2)13(8-11)21-3/h4-5,8-9H,6-7H2,1-3H3,(H3,16,17,19). The number of methoxy groups -OCH3 is 2. The average molecular weight is 320 g/mol. The van der Waals surface area contributed by atoms with E-state index < -0.39 is 0 Å². The Kier molecular flexibility index (Phi) is 5.60. The molecule has 0 saturated carbocycles. The normalized spacial score (nSPS) is 11.3. The largest absolute Gasteiger partial charge is 0.493 e. The van der Waals surface area contributed by atoms with Gasteiger partial charge in [0.2, 0.25) is 0 Å². The Balaban J connectivity index is 1.93. The van der Waals surface area contributed by atoms with Crippen molar-refractivity contribution >= 4 is 23.0 Å². The summed E-state index contributed by atoms with van der Waals surface area (Å²) in [6, 6.07) is 5.48. The smallest absolute Gasteiger partial charge is 0.193 e. The van der Waals surface area contributed by atoms with E-state index in [1.165, 1.54) is 4.88 Å². The summed E-state index contributed by atoms with van der Waals surface area (Å²) in [5, 5.41) is 4.10. The van der Waals surface area contributed by atoms with Crippen molar-refractivity contribution in [3.05, 3.63) is 34.3 Å². The Morgan fingerprint density at radius 3 is 2.73 bits per heavy atom. The lowest BCUT2D eigenvalue weighted by molar-refractivity contribution is 0.355. The van der Waals surface area contributed by atoms with Gasteiger partial charge in [-0.2, -0.15) is 0 Å². The fraction of sp³-hybridized carbons (Fsp3) is 0.333. The SMILES string of the molecule is COc1ccc(NC(N)=NCCc2ncc(C)s2)cc1OC. The number of thiazole rings is 1. The van der Waals surface area contributed by atoms with Gasteiger partial charge >= 0.3 is 0 Å². The fourth-order valence-corrected chi connectivity index (χ4v) is 2.67. The van der Waals surface area contributed by atoms with Gasteiger partial charge in [-0.1, -0.05) is 0 Å². The first-order valence-electron chi connectivity index (χ1n) is 6.82. The molecule has 0 saturated heterocycles. The quantitative estimate of drug-likeness (QED) is 0.631. The van der Waals surface area contributed by atoms with E-state index in [0.717, 1.165) is 17.1 Å². The van der Waals surface area contributed by atoms with E-state index in [-0.39, 0.29) is 0 Å². The number of anilines is 1. The zero-order valence-corrected chi connectivity index (χ0v) is 13.7. The molecule has 7 heteroatoms. The second-order valence-electron chi connectivity index (χ2n) is 4.58. The summed E-state index contributed by atoms with van der Waals surface area (Å²) in [4.78, 5) is 9.80. The third-order valence-corrected chi connectivity index (χ3v) is 3.91. The number of rotatable bonds is 6. The zero-order chi connectivity index (χ0) is 15.9. The predicted octanol–water partition coefficient (Wildman–Crippen LogP) is 2.44. The molecule has 0 amide bonds. The molecule has 2 rings (SSSR count). The molecule has 0 unspecified atom stereocenters. The topological polar surface area (TPSA) is 81.8 Å². The summed E-state index contributed by atoms with van der Waals surface area (Å²) in [5.74, 6) is 1.67. The number of aryl methyl sites for hydroxylation is 1. The molecule has 0 aliphatic carbocycles. The Hall–Kier alpha value is -2.28. The highest BCUT2D eigenvalue weighted by Crippen LogP contribution is 2.29. The molecule has 1 aromatic heterocycles. The van der Waals surface area contributed by atoms with Crippen LogP contribution in [-0.4, -0.2) is 31.7 Å². The summed E-state index contributed by atoms with van der Waals surface area (Å²) < 4.78 is 10.4. The lowest BCUT2D eigenvalue weighted by Crippen LogP contribution is -2.23. The van der Waals surface area contributed by atoms with E-state index in [0.29, 0.717) is 24.0 Å². The maximum atomic E-state index is 5.89. The van der Waals surface area contributed by atoms with Crippen LogP contribution in [0.2, 0.25) is 0 Å². The molecule has 1 aromatic carbocycles. The first kappa shape index (κ1) is 16.1. The number of nitrogens with one attached hydrogen (secondary N) is 1. The Morgan fingerprint density at radius 1 is 1.32 bits per heavy atom. The lowest BCUT2D eigenvalue weighted by Gasteiger charge is -2.10. The van der Waals surface area contributed by atoms with Crippen molar-refractivity contribution in [2.45, 2.75) is 13.3 Å². The molecular formula is C15H20N4O2S. The van der Waals surface area contributed by atoms with E-state index in [1.54, 1.807) is 25.6 Å². The van der Waals surface area contributed by atoms with Crippen LogP contribution in [0, 0.1) is 6.92 Å². The highest BCUT2D eigenvalue weighted by molar-refractivity contribution is 7.11. The molecular weight excluding hydrogens is 300 g/mol. The van der Waals surface area contributed by atoms with Crippen molar-refractivity contribution in [2.75, 3.05) is 26.1 Å². The van der Waals surface area contributed by atoms with Crippen molar-refractivity contribution in [3.63, 3.8) is 0 Å². The first-order chi connectivity index (χ1) is 10.6. The number of aromatic nitrogens is 1. The second-order valence-corrected chi connectivity index (χ2v) is 5.90. The molecule has 1 heterocycles. The molecule has 118 valence electrons. The molecule has 2 aromatic rings. The van der Waals surface area contributed by atoms with Gasteiger partial charge in [0.1, 0.15) is 0 Å². The molecule has 6 nitrogen and oxygen atoms in total. The minimum atomic E-state index is 0.362. The highest BCUT2D eigenvalue weighted by atomic mass is 32.1. The van der Waals surface area contributed by atoms with Crippen LogP contribution in [0.15, 0.2) is 29.4 Å². The molecule has 0 aliphatic heterocycles. The summed E-state index contributed by atoms with van der Waals surface area (Å²) in [7, 11) is 3.19. The molecule has 0 bridgehead atoms. The van der Waals surface area contributed by atoms with Crippen LogP contribution >= 0.6 is 11.3 Å². The highest BCUT2D eigenvalue weighted by Gasteiger charge is 2.05. The van der Waals surface area contributed by atoms with Gasteiger partial charge in [-0.25, -0.2) is 4.98 Å². The number of benzene rings is 1. The van der Waals surface area contributed by atoms with Crippen molar-refractivity contribution in [1.29, 1.82) is 0 Å². The van der Waals surface area contributed by atoms with Crippen molar-refractivity contribution in [1.82, 2.24) is 4.98 Å². The van der Waals surface area contributed by atoms with Crippen molar-refractivity contribution < 1.29 is 9.47 Å². The van der Waals surface area contributed by atoms with Gasteiger partial charge < -0.3 is 20.5 Å². The minimum absolute atomic E-state index is 0.362. The monoisotopic (exact) mass is 320 g/mol. The summed E-state index contributed by atoms with van der Waals surface area (Å²) in [6.45, 7) is 2.64. The molecule has 22 heavy (non-hydrogen) atoms. The number of aliphatic imine (C=N–C) groups is 1. The predicted molar refractivity (Wildman–Crippen MR) is 90.2 cm³/mol. The Morgan fingerprint density at radius 2 is 2.09 bits per heavy atom. The van der Waals surface area contributed by atoms with Crippen LogP contribution in [0.3, 0.4) is 0 Å². The van der Waals surface area contributed by atoms with Crippen LogP contribution in [0.25, 0.3) is 0 Å². The van der Waals surface area contributed by atoms with E-state index in [4.69, 9.17) is 15.2 Å². The third-order valence-electron chi connectivity index (χ3n) is 2.93. The molecule has 0 fully saturated rings. The van der Waals surface area contributed by atoms with Crippen molar-refractivity contribution in [2.24, 2.45) is 10.7 Å². The summed E-state index contributed by atoms with van der Waals surface area (Å²) >= 11 is 1.68. The van der Waals surface area contributed by atoms with Gasteiger partial charge in [-0.15, -0.1) is 11.3 Å². The second kappa shape index (κ2) is 7.65. The van der Waals surface area contributed by atoms with Crippen molar-refractivity contribution in [3.8, 4) is 11.5 Å². The van der Waals surface area contributed by atoms with Gasteiger partial charge in [0.25, 0.3) is 0 Å². The van der Waals surface area contributed by atoms with Crippen LogP contribution in [0.5, 0.6) is 11.5 Å². The third kappa shape index (κ3) is 4.36. The van der Waals surface area contributed by atoms with Gasteiger partial charge in [-0.05, 0) is 19.1 Å². The number of guanidine groups is 1. The van der Waals surface area contributed by atoms with Crippen LogP contribution in [-0.2, 0) is 6.42 Å². The van der Waals surface area contributed by atoms with E-state index in [1.807, 2.05) is 31.3 Å². The molecule has 0 aliphatic rings. The van der Waals surface area contributed by atoms with Gasteiger partial charge in [0, 0.05) is 35.8 Å². The van der Waals surface area contributed by atoms with Crippen LogP contribution in [0.4, 0.5) is 5.69 Å². The molecule has 0 radical (unpaired) electrons.